The van der Waals surface area contributed by atoms with Crippen LogP contribution in [0.2, 0.25) is 10.0 Å². The molecule has 180 valence electrons. The Balaban J connectivity index is 1.83. The number of hydrogen-bond donors (Lipinski definition) is 1. The van der Waals surface area contributed by atoms with Crippen LogP contribution in [-0.4, -0.2) is 29.3 Å². The average molecular weight is 499 g/mol. The highest BCUT2D eigenvalue weighted by Gasteiger charge is 2.28. The third-order valence-electron chi connectivity index (χ3n) is 5.90. The highest BCUT2D eigenvalue weighted by Crippen LogP contribution is 2.25. The van der Waals surface area contributed by atoms with Crippen LogP contribution < -0.4 is 5.32 Å². The van der Waals surface area contributed by atoms with E-state index in [9.17, 15) is 9.59 Å². The van der Waals surface area contributed by atoms with Crippen LogP contribution in [0.15, 0.2) is 60.7 Å². The number of nitrogens with one attached hydrogen (secondary N) is 1. The Bertz CT molecular complexity index is 1140. The van der Waals surface area contributed by atoms with Crippen LogP contribution in [0.4, 0.5) is 0 Å². The number of carbonyl (C=O) groups excluding carboxylic acids is 2. The van der Waals surface area contributed by atoms with Crippen molar-refractivity contribution in [3.05, 3.63) is 81.8 Å². The fourth-order valence-corrected chi connectivity index (χ4v) is 4.39. The van der Waals surface area contributed by atoms with Gasteiger partial charge in [0.25, 0.3) is 0 Å². The first-order valence-corrected chi connectivity index (χ1v) is 12.5. The van der Waals surface area contributed by atoms with Gasteiger partial charge in [-0.1, -0.05) is 92.5 Å². The van der Waals surface area contributed by atoms with Gasteiger partial charge in [-0.15, -0.1) is 0 Å². The van der Waals surface area contributed by atoms with E-state index < -0.39 is 6.04 Å². The topological polar surface area (TPSA) is 49.4 Å². The molecule has 0 aliphatic carbocycles. The predicted octanol–water partition coefficient (Wildman–Crippen LogP) is 6.66. The minimum absolute atomic E-state index is 0.0643. The van der Waals surface area contributed by atoms with Crippen LogP contribution in [0, 0.1) is 5.92 Å². The third kappa shape index (κ3) is 6.74. The number of halogens is 2. The molecule has 3 aromatic rings. The lowest BCUT2D eigenvalue weighted by atomic mass is 10.00. The number of fused-ring (bicyclic) bond motifs is 1. The maximum Gasteiger partial charge on any atom is 0.242 e. The molecule has 34 heavy (non-hydrogen) atoms. The second-order valence-electron chi connectivity index (χ2n) is 8.97. The molecule has 3 aromatic carbocycles. The van der Waals surface area contributed by atoms with E-state index in [-0.39, 0.29) is 11.8 Å². The molecule has 1 N–H and O–H groups in total. The van der Waals surface area contributed by atoms with Gasteiger partial charge in [0.1, 0.15) is 6.04 Å². The molecule has 0 saturated heterocycles. The molecule has 3 rings (SSSR count). The molecular weight excluding hydrogens is 467 g/mol. The van der Waals surface area contributed by atoms with E-state index in [4.69, 9.17) is 23.2 Å². The van der Waals surface area contributed by atoms with E-state index in [0.717, 1.165) is 21.9 Å². The van der Waals surface area contributed by atoms with Crippen LogP contribution in [0.5, 0.6) is 0 Å². The second kappa shape index (κ2) is 12.2. The summed E-state index contributed by atoms with van der Waals surface area (Å²) in [5, 5.41) is 6.18. The number of nitrogens with zero attached hydrogens (tertiary/aromatic N) is 1. The predicted molar refractivity (Wildman–Crippen MR) is 141 cm³/mol. The molecule has 0 fully saturated rings. The Morgan fingerprint density at radius 3 is 2.41 bits per heavy atom. The first-order chi connectivity index (χ1) is 16.3. The van der Waals surface area contributed by atoms with Crippen molar-refractivity contribution in [1.82, 2.24) is 10.2 Å². The van der Waals surface area contributed by atoms with Crippen molar-refractivity contribution < 1.29 is 9.59 Å². The van der Waals surface area contributed by atoms with Gasteiger partial charge >= 0.3 is 0 Å². The molecule has 0 spiro atoms. The van der Waals surface area contributed by atoms with Crippen LogP contribution in [0.3, 0.4) is 0 Å². The summed E-state index contributed by atoms with van der Waals surface area (Å²) in [7, 11) is 0. The van der Waals surface area contributed by atoms with Gasteiger partial charge in [0.15, 0.2) is 0 Å². The third-order valence-corrected chi connectivity index (χ3v) is 6.63. The van der Waals surface area contributed by atoms with E-state index >= 15 is 0 Å². The molecule has 4 nitrogen and oxygen atoms in total. The van der Waals surface area contributed by atoms with E-state index in [1.54, 1.807) is 17.0 Å². The van der Waals surface area contributed by atoms with Gasteiger partial charge in [-0.2, -0.15) is 0 Å². The number of aryl methyl sites for hydroxylation is 1. The van der Waals surface area contributed by atoms with Crippen molar-refractivity contribution in [3.63, 3.8) is 0 Å². The smallest absolute Gasteiger partial charge is 0.242 e. The summed E-state index contributed by atoms with van der Waals surface area (Å²) in [6, 6.07) is 19.1. The molecule has 0 heterocycles. The molecule has 0 aromatic heterocycles. The van der Waals surface area contributed by atoms with Gasteiger partial charge in [0.05, 0.1) is 10.0 Å². The summed E-state index contributed by atoms with van der Waals surface area (Å²) in [6.07, 6.45) is 1.43. The molecule has 0 aliphatic rings. The quantitative estimate of drug-likeness (QED) is 0.339. The van der Waals surface area contributed by atoms with Crippen molar-refractivity contribution in [1.29, 1.82) is 0 Å². The monoisotopic (exact) mass is 498 g/mol. The molecule has 1 atom stereocenters. The van der Waals surface area contributed by atoms with Crippen molar-refractivity contribution in [2.45, 2.75) is 52.6 Å². The van der Waals surface area contributed by atoms with E-state index in [0.29, 0.717) is 48.3 Å². The zero-order chi connectivity index (χ0) is 24.7. The van der Waals surface area contributed by atoms with Gasteiger partial charge in [-0.3, -0.25) is 9.59 Å². The highest BCUT2D eigenvalue weighted by molar-refractivity contribution is 6.42. The van der Waals surface area contributed by atoms with Gasteiger partial charge < -0.3 is 10.2 Å². The number of rotatable bonds is 10. The van der Waals surface area contributed by atoms with Crippen molar-refractivity contribution >= 4 is 45.8 Å². The zero-order valence-corrected chi connectivity index (χ0v) is 21.5. The molecular formula is C28H32Cl2N2O2. The van der Waals surface area contributed by atoms with E-state index in [1.165, 1.54) is 0 Å². The summed E-state index contributed by atoms with van der Waals surface area (Å²) in [4.78, 5) is 28.3. The molecule has 0 radical (unpaired) electrons. The SMILES string of the molecule is CCC(C(=O)NCC(C)C)N(Cc1ccc(Cl)c(Cl)c1)C(=O)CCc1cccc2ccccc12. The first-order valence-electron chi connectivity index (χ1n) is 11.8. The van der Waals surface area contributed by atoms with Gasteiger partial charge in [0.2, 0.25) is 11.8 Å². The summed E-state index contributed by atoms with van der Waals surface area (Å²) >= 11 is 12.3. The Kier molecular flexibility index (Phi) is 9.37. The first kappa shape index (κ1) is 26.1. The number of carbonyl (C=O) groups is 2. The summed E-state index contributed by atoms with van der Waals surface area (Å²) in [6.45, 7) is 6.88. The van der Waals surface area contributed by atoms with Crippen LogP contribution >= 0.6 is 23.2 Å². The Labute approximate surface area is 212 Å². The van der Waals surface area contributed by atoms with Crippen LogP contribution in [-0.2, 0) is 22.6 Å². The minimum atomic E-state index is -0.562. The largest absolute Gasteiger partial charge is 0.354 e. The maximum absolute atomic E-state index is 13.5. The van der Waals surface area contributed by atoms with Crippen LogP contribution in [0.25, 0.3) is 10.8 Å². The molecule has 2 amide bonds. The maximum atomic E-state index is 13.5. The molecule has 0 aliphatic heterocycles. The summed E-state index contributed by atoms with van der Waals surface area (Å²) < 4.78 is 0. The van der Waals surface area contributed by atoms with Gasteiger partial charge in [-0.25, -0.2) is 0 Å². The number of amides is 2. The van der Waals surface area contributed by atoms with Gasteiger partial charge in [0, 0.05) is 19.5 Å². The summed E-state index contributed by atoms with van der Waals surface area (Å²) in [5.74, 6) is 0.132. The normalized spacial score (nSPS) is 12.1. The Morgan fingerprint density at radius 2 is 1.71 bits per heavy atom. The molecule has 0 bridgehead atoms. The van der Waals surface area contributed by atoms with Crippen molar-refractivity contribution in [3.8, 4) is 0 Å². The Morgan fingerprint density at radius 1 is 0.971 bits per heavy atom. The average Bonchev–Trinajstić information content (AvgIpc) is 2.83. The zero-order valence-electron chi connectivity index (χ0n) is 20.0. The van der Waals surface area contributed by atoms with E-state index in [2.05, 4.69) is 29.6 Å². The van der Waals surface area contributed by atoms with Crippen LogP contribution in [0.1, 0.15) is 44.7 Å². The van der Waals surface area contributed by atoms with E-state index in [1.807, 2.05) is 45.0 Å². The number of hydrogen-bond acceptors (Lipinski definition) is 2. The summed E-state index contributed by atoms with van der Waals surface area (Å²) in [5.41, 5.74) is 1.96. The fraction of sp³-hybridized carbons (Fsp3) is 0.357. The molecule has 6 heteroatoms. The fourth-order valence-electron chi connectivity index (χ4n) is 4.07. The van der Waals surface area contributed by atoms with Crippen molar-refractivity contribution in [2.24, 2.45) is 5.92 Å². The lowest BCUT2D eigenvalue weighted by molar-refractivity contribution is -0.141. The lowest BCUT2D eigenvalue weighted by Gasteiger charge is -2.31. The standard InChI is InChI=1S/C28H32Cl2N2O2/c1-4-26(28(34)31-17-19(2)3)32(18-20-12-14-24(29)25(30)16-20)27(33)15-13-22-10-7-9-21-8-5-6-11-23(21)22/h5-12,14,16,19,26H,4,13,15,17-18H2,1-3H3,(H,31,34). The number of benzene rings is 3. The van der Waals surface area contributed by atoms with Crippen molar-refractivity contribution in [2.75, 3.05) is 6.54 Å². The molecule has 0 saturated carbocycles. The lowest BCUT2D eigenvalue weighted by Crippen LogP contribution is -2.49. The highest BCUT2D eigenvalue weighted by atomic mass is 35.5. The second-order valence-corrected chi connectivity index (χ2v) is 9.79. The minimum Gasteiger partial charge on any atom is -0.354 e. The Hall–Kier alpha value is -2.56. The molecule has 1 unspecified atom stereocenters. The van der Waals surface area contributed by atoms with Gasteiger partial charge in [-0.05, 0) is 52.8 Å².